The van der Waals surface area contributed by atoms with E-state index in [0.717, 1.165) is 25.9 Å². The Morgan fingerprint density at radius 2 is 2.45 bits per heavy atom. The van der Waals surface area contributed by atoms with Crippen molar-refractivity contribution in [1.29, 1.82) is 0 Å². The molecule has 1 fully saturated rings. The van der Waals surface area contributed by atoms with Crippen molar-refractivity contribution in [3.63, 3.8) is 0 Å². The van der Waals surface area contributed by atoms with E-state index in [1.807, 2.05) is 0 Å². The highest BCUT2D eigenvalue weighted by Crippen LogP contribution is 2.16. The van der Waals surface area contributed by atoms with Gasteiger partial charge in [0.15, 0.2) is 0 Å². The molecule has 3 heteroatoms. The van der Waals surface area contributed by atoms with Crippen molar-refractivity contribution in [3.05, 3.63) is 0 Å². The summed E-state index contributed by atoms with van der Waals surface area (Å²) < 4.78 is 5.35. The molecule has 2 N–H and O–H groups in total. The summed E-state index contributed by atoms with van der Waals surface area (Å²) in [5, 5.41) is 0. The predicted octanol–water partition coefficient (Wildman–Crippen LogP) is 0.473. The molecule has 11 heavy (non-hydrogen) atoms. The molecule has 1 aliphatic rings. The van der Waals surface area contributed by atoms with E-state index in [9.17, 15) is 4.79 Å². The van der Waals surface area contributed by atoms with Gasteiger partial charge in [0.05, 0.1) is 12.6 Å². The van der Waals surface area contributed by atoms with Crippen LogP contribution in [0.3, 0.4) is 0 Å². The zero-order valence-corrected chi connectivity index (χ0v) is 6.71. The Morgan fingerprint density at radius 1 is 1.64 bits per heavy atom. The lowest BCUT2D eigenvalue weighted by Crippen LogP contribution is -2.16. The fraction of sp³-hybridized carbons (Fsp3) is 0.875. The largest absolute Gasteiger partial charge is 0.378 e. The van der Waals surface area contributed by atoms with E-state index in [1.54, 1.807) is 0 Å². The number of rotatable bonds is 4. The third-order valence-electron chi connectivity index (χ3n) is 2.00. The molecule has 1 aliphatic heterocycles. The van der Waals surface area contributed by atoms with Crippen LogP contribution < -0.4 is 5.73 Å². The van der Waals surface area contributed by atoms with Gasteiger partial charge < -0.3 is 10.5 Å². The van der Waals surface area contributed by atoms with Crippen molar-refractivity contribution >= 4 is 5.78 Å². The second kappa shape index (κ2) is 4.46. The monoisotopic (exact) mass is 157 g/mol. The van der Waals surface area contributed by atoms with E-state index >= 15 is 0 Å². The molecule has 0 spiro atoms. The van der Waals surface area contributed by atoms with Gasteiger partial charge in [0.2, 0.25) is 0 Å². The molecule has 64 valence electrons. The van der Waals surface area contributed by atoms with Gasteiger partial charge in [0.1, 0.15) is 5.78 Å². The minimum absolute atomic E-state index is 0.139. The minimum Gasteiger partial charge on any atom is -0.378 e. The van der Waals surface area contributed by atoms with E-state index in [4.69, 9.17) is 10.5 Å². The summed E-state index contributed by atoms with van der Waals surface area (Å²) in [6.45, 7) is 1.04. The van der Waals surface area contributed by atoms with Gasteiger partial charge in [-0.15, -0.1) is 0 Å². The second-order valence-corrected chi connectivity index (χ2v) is 2.92. The van der Waals surface area contributed by atoms with E-state index in [2.05, 4.69) is 0 Å². The zero-order chi connectivity index (χ0) is 8.10. The molecule has 0 aromatic heterocycles. The van der Waals surface area contributed by atoms with Crippen LogP contribution >= 0.6 is 0 Å². The fourth-order valence-electron chi connectivity index (χ4n) is 1.30. The van der Waals surface area contributed by atoms with E-state index in [1.165, 1.54) is 0 Å². The van der Waals surface area contributed by atoms with Gasteiger partial charge in [-0.05, 0) is 19.3 Å². The van der Waals surface area contributed by atoms with Crippen molar-refractivity contribution in [2.45, 2.75) is 31.8 Å². The first kappa shape index (κ1) is 8.68. The van der Waals surface area contributed by atoms with E-state index < -0.39 is 0 Å². The summed E-state index contributed by atoms with van der Waals surface area (Å²) in [5.41, 5.74) is 5.17. The molecule has 0 aromatic rings. The molecule has 1 saturated heterocycles. The molecule has 1 rings (SSSR count). The lowest BCUT2D eigenvalue weighted by atomic mass is 10.1. The van der Waals surface area contributed by atoms with E-state index in [-0.39, 0.29) is 12.3 Å². The van der Waals surface area contributed by atoms with Gasteiger partial charge >= 0.3 is 0 Å². The number of carbonyl (C=O) groups is 1. The summed E-state index contributed by atoms with van der Waals surface area (Å²) in [4.78, 5) is 10.8. The number of Topliss-reactive ketones (excluding diaryl/α,β-unsaturated/α-hetero) is 1. The number of nitrogens with two attached hydrogens (primary N) is 1. The number of carbonyl (C=O) groups excluding carboxylic acids is 1. The third kappa shape index (κ3) is 2.99. The average molecular weight is 157 g/mol. The van der Waals surface area contributed by atoms with Crippen molar-refractivity contribution in [1.82, 2.24) is 0 Å². The van der Waals surface area contributed by atoms with Gasteiger partial charge in [0.25, 0.3) is 0 Å². The normalized spacial score (nSPS) is 23.9. The van der Waals surface area contributed by atoms with Gasteiger partial charge in [0, 0.05) is 13.0 Å². The molecular weight excluding hydrogens is 142 g/mol. The van der Waals surface area contributed by atoms with Crippen LogP contribution in [0.2, 0.25) is 0 Å². The second-order valence-electron chi connectivity index (χ2n) is 2.92. The Balaban J connectivity index is 2.06. The molecule has 0 aromatic carbocycles. The molecule has 1 heterocycles. The van der Waals surface area contributed by atoms with Crippen LogP contribution in [0.5, 0.6) is 0 Å². The van der Waals surface area contributed by atoms with Gasteiger partial charge in [-0.3, -0.25) is 4.79 Å². The Kier molecular flexibility index (Phi) is 3.52. The van der Waals surface area contributed by atoms with Crippen molar-refractivity contribution in [3.8, 4) is 0 Å². The highest BCUT2D eigenvalue weighted by atomic mass is 16.5. The maximum atomic E-state index is 10.8. The molecule has 0 saturated carbocycles. The maximum Gasteiger partial charge on any atom is 0.146 e. The lowest BCUT2D eigenvalue weighted by molar-refractivity contribution is -0.118. The highest BCUT2D eigenvalue weighted by molar-refractivity contribution is 5.80. The minimum atomic E-state index is 0.139. The molecule has 0 aliphatic carbocycles. The van der Waals surface area contributed by atoms with Gasteiger partial charge in [-0.25, -0.2) is 0 Å². The summed E-state index contributed by atoms with van der Waals surface area (Å²) in [6.07, 6.45) is 4.02. The maximum absolute atomic E-state index is 10.8. The van der Waals surface area contributed by atoms with Crippen molar-refractivity contribution in [2.24, 2.45) is 5.73 Å². The zero-order valence-electron chi connectivity index (χ0n) is 6.71. The highest BCUT2D eigenvalue weighted by Gasteiger charge is 2.15. The topological polar surface area (TPSA) is 52.3 Å². The van der Waals surface area contributed by atoms with Crippen LogP contribution in [0, 0.1) is 0 Å². The predicted molar refractivity (Wildman–Crippen MR) is 42.3 cm³/mol. The number of hydrogen-bond donors (Lipinski definition) is 1. The molecular formula is C8H15NO2. The first-order chi connectivity index (χ1) is 5.33. The quantitative estimate of drug-likeness (QED) is 0.645. The third-order valence-corrected chi connectivity index (χ3v) is 2.00. The van der Waals surface area contributed by atoms with Gasteiger partial charge in [-0.1, -0.05) is 0 Å². The van der Waals surface area contributed by atoms with Crippen LogP contribution in [-0.4, -0.2) is 25.0 Å². The van der Waals surface area contributed by atoms with Crippen LogP contribution in [0.1, 0.15) is 25.7 Å². The fourth-order valence-corrected chi connectivity index (χ4v) is 1.30. The van der Waals surface area contributed by atoms with Crippen LogP contribution in [-0.2, 0) is 9.53 Å². The first-order valence-electron chi connectivity index (χ1n) is 4.16. The summed E-state index contributed by atoms with van der Waals surface area (Å²) in [7, 11) is 0. The average Bonchev–Trinajstić information content (AvgIpc) is 2.52. The van der Waals surface area contributed by atoms with E-state index in [0.29, 0.717) is 12.5 Å². The number of ketones is 1. The molecule has 1 atom stereocenters. The Bertz CT molecular complexity index is 130. The molecule has 0 amide bonds. The van der Waals surface area contributed by atoms with Gasteiger partial charge in [-0.2, -0.15) is 0 Å². The summed E-state index contributed by atoms with van der Waals surface area (Å²) in [5.74, 6) is 0.139. The summed E-state index contributed by atoms with van der Waals surface area (Å²) >= 11 is 0. The van der Waals surface area contributed by atoms with Crippen molar-refractivity contribution in [2.75, 3.05) is 13.2 Å². The standard InChI is InChI=1S/C8H15NO2/c9-6-7(10)3-4-8-2-1-5-11-8/h8H,1-6,9H2. The molecule has 3 nitrogen and oxygen atoms in total. The molecule has 0 radical (unpaired) electrons. The Labute approximate surface area is 66.9 Å². The molecule has 0 bridgehead atoms. The van der Waals surface area contributed by atoms with Crippen LogP contribution in [0.25, 0.3) is 0 Å². The molecule has 1 unspecified atom stereocenters. The first-order valence-corrected chi connectivity index (χ1v) is 4.16. The summed E-state index contributed by atoms with van der Waals surface area (Å²) in [6, 6.07) is 0. The number of ether oxygens (including phenoxy) is 1. The number of hydrogen-bond acceptors (Lipinski definition) is 3. The van der Waals surface area contributed by atoms with Crippen molar-refractivity contribution < 1.29 is 9.53 Å². The Morgan fingerprint density at radius 3 is 3.00 bits per heavy atom. The van der Waals surface area contributed by atoms with Crippen LogP contribution in [0.4, 0.5) is 0 Å². The lowest BCUT2D eigenvalue weighted by Gasteiger charge is -2.06. The SMILES string of the molecule is NCC(=O)CCC1CCCO1. The Hall–Kier alpha value is -0.410. The smallest absolute Gasteiger partial charge is 0.146 e. The van der Waals surface area contributed by atoms with Crippen LogP contribution in [0.15, 0.2) is 0 Å².